The first-order chi connectivity index (χ1) is 9.95. The van der Waals surface area contributed by atoms with Crippen molar-refractivity contribution in [2.75, 3.05) is 11.9 Å². The highest BCUT2D eigenvalue weighted by Gasteiger charge is 2.21. The molecule has 0 radical (unpaired) electrons. The Morgan fingerprint density at radius 3 is 2.71 bits per heavy atom. The van der Waals surface area contributed by atoms with Crippen molar-refractivity contribution in [2.45, 2.75) is 26.2 Å². The number of carboxylic acids is 1. The van der Waals surface area contributed by atoms with Gasteiger partial charge in [-0.3, -0.25) is 0 Å². The van der Waals surface area contributed by atoms with Crippen LogP contribution in [0, 0.1) is 11.8 Å². The maximum Gasteiger partial charge on any atom is 0.335 e. The van der Waals surface area contributed by atoms with E-state index < -0.39 is 5.97 Å². The molecule has 0 aromatic heterocycles. The number of urea groups is 1. The minimum absolute atomic E-state index is 0.0888. The summed E-state index contributed by atoms with van der Waals surface area (Å²) in [6.45, 7) is 2.88. The Bertz CT molecular complexity index is 548. The van der Waals surface area contributed by atoms with E-state index in [1.807, 2.05) is 0 Å². The van der Waals surface area contributed by atoms with E-state index in [2.05, 4.69) is 17.6 Å². The average Bonchev–Trinajstić information content (AvgIpc) is 2.84. The van der Waals surface area contributed by atoms with Gasteiger partial charge in [-0.05, 0) is 42.9 Å². The van der Waals surface area contributed by atoms with E-state index in [1.54, 1.807) is 0 Å². The summed E-state index contributed by atoms with van der Waals surface area (Å²) in [5, 5.41) is 14.5. The van der Waals surface area contributed by atoms with Crippen LogP contribution in [0.5, 0.6) is 0 Å². The van der Waals surface area contributed by atoms with Gasteiger partial charge in [-0.1, -0.05) is 24.9 Å². The largest absolute Gasteiger partial charge is 0.478 e. The van der Waals surface area contributed by atoms with E-state index in [1.165, 1.54) is 24.6 Å². The fraction of sp³-hybridized carbons (Fsp3) is 0.467. The number of hydrogen-bond donors (Lipinski definition) is 3. The van der Waals surface area contributed by atoms with E-state index in [0.717, 1.165) is 18.8 Å². The van der Waals surface area contributed by atoms with Crippen LogP contribution in [0.1, 0.15) is 36.5 Å². The molecule has 1 aliphatic carbocycles. The summed E-state index contributed by atoms with van der Waals surface area (Å²) in [4.78, 5) is 22.6. The molecule has 2 amide bonds. The molecule has 5 nitrogen and oxygen atoms in total. The van der Waals surface area contributed by atoms with Crippen molar-refractivity contribution in [1.82, 2.24) is 5.32 Å². The van der Waals surface area contributed by atoms with Gasteiger partial charge in [0.15, 0.2) is 0 Å². The van der Waals surface area contributed by atoms with Crippen molar-refractivity contribution in [1.29, 1.82) is 0 Å². The van der Waals surface area contributed by atoms with Crippen LogP contribution in [0.15, 0.2) is 18.2 Å². The summed E-state index contributed by atoms with van der Waals surface area (Å²) in [6, 6.07) is 3.89. The van der Waals surface area contributed by atoms with E-state index >= 15 is 0 Å². The van der Waals surface area contributed by atoms with Gasteiger partial charge in [0.05, 0.1) is 16.3 Å². The summed E-state index contributed by atoms with van der Waals surface area (Å²) in [7, 11) is 0. The van der Waals surface area contributed by atoms with Crippen molar-refractivity contribution in [3.8, 4) is 0 Å². The van der Waals surface area contributed by atoms with Gasteiger partial charge in [-0.2, -0.15) is 0 Å². The van der Waals surface area contributed by atoms with Crippen LogP contribution in [0.3, 0.4) is 0 Å². The number of anilines is 1. The maximum atomic E-state index is 11.8. The molecule has 0 spiro atoms. The number of halogens is 1. The Morgan fingerprint density at radius 1 is 1.38 bits per heavy atom. The van der Waals surface area contributed by atoms with Gasteiger partial charge in [0.2, 0.25) is 0 Å². The number of carbonyl (C=O) groups excluding carboxylic acids is 1. The van der Waals surface area contributed by atoms with E-state index in [4.69, 9.17) is 16.7 Å². The van der Waals surface area contributed by atoms with Crippen LogP contribution in [-0.4, -0.2) is 23.7 Å². The molecule has 0 bridgehead atoms. The molecule has 21 heavy (non-hydrogen) atoms. The number of carbonyl (C=O) groups is 2. The van der Waals surface area contributed by atoms with E-state index in [9.17, 15) is 9.59 Å². The molecule has 0 heterocycles. The number of carboxylic acid groups (broad SMARTS) is 1. The number of benzene rings is 1. The van der Waals surface area contributed by atoms with Crippen molar-refractivity contribution in [3.63, 3.8) is 0 Å². The Labute approximate surface area is 128 Å². The molecule has 2 rings (SSSR count). The Balaban J connectivity index is 1.86. The van der Waals surface area contributed by atoms with Gasteiger partial charge >= 0.3 is 12.0 Å². The molecular formula is C15H19ClN2O3. The second-order valence-corrected chi connectivity index (χ2v) is 6.03. The molecule has 2 unspecified atom stereocenters. The zero-order chi connectivity index (χ0) is 15.4. The van der Waals surface area contributed by atoms with E-state index in [0.29, 0.717) is 18.2 Å². The summed E-state index contributed by atoms with van der Waals surface area (Å²) in [6.07, 6.45) is 3.51. The third kappa shape index (κ3) is 4.36. The molecule has 1 aromatic carbocycles. The highest BCUT2D eigenvalue weighted by atomic mass is 35.5. The van der Waals surface area contributed by atoms with Crippen molar-refractivity contribution >= 4 is 29.3 Å². The normalized spacial score (nSPS) is 21.0. The fourth-order valence-electron chi connectivity index (χ4n) is 2.66. The topological polar surface area (TPSA) is 78.4 Å². The maximum absolute atomic E-state index is 11.8. The lowest BCUT2D eigenvalue weighted by Crippen LogP contribution is -2.32. The first-order valence-electron chi connectivity index (χ1n) is 7.03. The second kappa shape index (κ2) is 6.80. The van der Waals surface area contributed by atoms with Gasteiger partial charge in [-0.25, -0.2) is 9.59 Å². The zero-order valence-corrected chi connectivity index (χ0v) is 12.6. The fourth-order valence-corrected chi connectivity index (χ4v) is 2.89. The summed E-state index contributed by atoms with van der Waals surface area (Å²) in [5.41, 5.74) is 0.491. The lowest BCUT2D eigenvalue weighted by molar-refractivity contribution is 0.0697. The average molecular weight is 311 g/mol. The number of nitrogens with one attached hydrogen (secondary N) is 2. The number of amides is 2. The third-order valence-corrected chi connectivity index (χ3v) is 4.13. The minimum Gasteiger partial charge on any atom is -0.478 e. The summed E-state index contributed by atoms with van der Waals surface area (Å²) < 4.78 is 0. The van der Waals surface area contributed by atoms with Crippen LogP contribution in [-0.2, 0) is 0 Å². The molecule has 114 valence electrons. The van der Waals surface area contributed by atoms with Crippen LogP contribution in [0.25, 0.3) is 0 Å². The van der Waals surface area contributed by atoms with Gasteiger partial charge in [0.25, 0.3) is 0 Å². The Morgan fingerprint density at radius 2 is 2.14 bits per heavy atom. The highest BCUT2D eigenvalue weighted by molar-refractivity contribution is 6.34. The van der Waals surface area contributed by atoms with Crippen LogP contribution >= 0.6 is 11.6 Å². The first-order valence-corrected chi connectivity index (χ1v) is 7.41. The molecule has 1 aliphatic rings. The molecule has 1 aromatic rings. The second-order valence-electron chi connectivity index (χ2n) is 5.62. The van der Waals surface area contributed by atoms with E-state index in [-0.39, 0.29) is 16.6 Å². The molecule has 3 N–H and O–H groups in total. The lowest BCUT2D eigenvalue weighted by Gasteiger charge is -2.13. The molecule has 6 heteroatoms. The quantitative estimate of drug-likeness (QED) is 0.795. The highest BCUT2D eigenvalue weighted by Crippen LogP contribution is 2.29. The lowest BCUT2D eigenvalue weighted by atomic mass is 10.1. The van der Waals surface area contributed by atoms with Gasteiger partial charge in [0, 0.05) is 6.54 Å². The molecule has 1 saturated carbocycles. The van der Waals surface area contributed by atoms with Gasteiger partial charge in [-0.15, -0.1) is 0 Å². The van der Waals surface area contributed by atoms with Crippen LogP contribution < -0.4 is 10.6 Å². The predicted molar refractivity (Wildman–Crippen MR) is 81.9 cm³/mol. The molecular weight excluding hydrogens is 292 g/mol. The van der Waals surface area contributed by atoms with Gasteiger partial charge < -0.3 is 15.7 Å². The van der Waals surface area contributed by atoms with Crippen molar-refractivity contribution in [2.24, 2.45) is 11.8 Å². The Hall–Kier alpha value is -1.75. The number of rotatable bonds is 4. The molecule has 1 fully saturated rings. The first kappa shape index (κ1) is 15.6. The van der Waals surface area contributed by atoms with Crippen molar-refractivity contribution in [3.05, 3.63) is 28.8 Å². The minimum atomic E-state index is -1.05. The molecule has 0 saturated heterocycles. The monoisotopic (exact) mass is 310 g/mol. The number of hydrogen-bond acceptors (Lipinski definition) is 2. The van der Waals surface area contributed by atoms with Gasteiger partial charge in [0.1, 0.15) is 0 Å². The third-order valence-electron chi connectivity index (χ3n) is 3.82. The smallest absolute Gasteiger partial charge is 0.335 e. The van der Waals surface area contributed by atoms with Crippen LogP contribution in [0.4, 0.5) is 10.5 Å². The Kier molecular flexibility index (Phi) is 5.07. The molecule has 0 aliphatic heterocycles. The predicted octanol–water partition coefficient (Wildman–Crippen LogP) is 3.60. The SMILES string of the molecule is CC1CCC(CNC(=O)Nc2ccc(C(=O)O)cc2Cl)C1. The van der Waals surface area contributed by atoms with Crippen molar-refractivity contribution < 1.29 is 14.7 Å². The zero-order valence-electron chi connectivity index (χ0n) is 11.9. The number of aromatic carboxylic acids is 1. The summed E-state index contributed by atoms with van der Waals surface area (Å²) >= 11 is 5.96. The standard InChI is InChI=1S/C15H19ClN2O3/c1-9-2-3-10(6-9)8-17-15(21)18-13-5-4-11(14(19)20)7-12(13)16/h4-5,7,9-10H,2-3,6,8H2,1H3,(H,19,20)(H2,17,18,21). The van der Waals surface area contributed by atoms with Crippen LogP contribution in [0.2, 0.25) is 5.02 Å². The summed E-state index contributed by atoms with van der Waals surface area (Å²) in [5.74, 6) is 0.219. The molecule has 2 atom stereocenters.